The largest absolute Gasteiger partial charge is 0.486 e. The number of nitrogens with zero attached hydrogens (tertiary/aromatic N) is 3. The number of carbonyl (C=O) groups excluding carboxylic acids is 1. The zero-order valence-corrected chi connectivity index (χ0v) is 14.2. The number of thiazole rings is 1. The van der Waals surface area contributed by atoms with E-state index in [1.807, 2.05) is 30.5 Å². The molecule has 126 valence electrons. The number of hydrogen-bond donors (Lipinski definition) is 1. The van der Waals surface area contributed by atoms with Gasteiger partial charge in [-0.25, -0.2) is 9.97 Å². The number of fused-ring (bicyclic) bond motifs is 1. The highest BCUT2D eigenvalue weighted by Crippen LogP contribution is 2.35. The zero-order valence-electron chi connectivity index (χ0n) is 13.4. The molecule has 1 aliphatic rings. The smallest absolute Gasteiger partial charge is 0.277 e. The van der Waals surface area contributed by atoms with E-state index in [0.717, 1.165) is 22.7 Å². The Morgan fingerprint density at radius 3 is 2.80 bits per heavy atom. The third kappa shape index (κ3) is 3.29. The number of nitrogens with one attached hydrogen (secondary N) is 1. The minimum atomic E-state index is -0.337. The average molecular weight is 354 g/mol. The molecule has 3 aromatic rings. The van der Waals surface area contributed by atoms with Crippen LogP contribution in [-0.2, 0) is 0 Å². The summed E-state index contributed by atoms with van der Waals surface area (Å²) >= 11 is 1.34. The minimum absolute atomic E-state index is 0.252. The number of ether oxygens (including phenoxy) is 2. The second-order valence-electron chi connectivity index (χ2n) is 5.39. The van der Waals surface area contributed by atoms with Crippen LogP contribution in [0.2, 0.25) is 0 Å². The first-order chi connectivity index (χ1) is 12.2. The van der Waals surface area contributed by atoms with Crippen molar-refractivity contribution in [3.63, 3.8) is 0 Å². The van der Waals surface area contributed by atoms with Crippen LogP contribution in [0.25, 0.3) is 11.3 Å². The molecule has 1 amide bonds. The second kappa shape index (κ2) is 6.48. The van der Waals surface area contributed by atoms with Crippen molar-refractivity contribution in [2.24, 2.45) is 0 Å². The van der Waals surface area contributed by atoms with Gasteiger partial charge < -0.3 is 9.47 Å². The van der Waals surface area contributed by atoms with Gasteiger partial charge in [0.2, 0.25) is 0 Å². The monoisotopic (exact) mass is 354 g/mol. The van der Waals surface area contributed by atoms with Gasteiger partial charge in [-0.05, 0) is 25.1 Å². The Hall–Kier alpha value is -3.00. The number of aromatic nitrogens is 3. The van der Waals surface area contributed by atoms with Crippen LogP contribution < -0.4 is 14.8 Å². The highest BCUT2D eigenvalue weighted by molar-refractivity contribution is 7.14. The first-order valence-corrected chi connectivity index (χ1v) is 8.52. The summed E-state index contributed by atoms with van der Waals surface area (Å²) in [6, 6.07) is 5.67. The summed E-state index contributed by atoms with van der Waals surface area (Å²) in [5.41, 5.74) is 2.66. The van der Waals surface area contributed by atoms with Crippen molar-refractivity contribution in [2.75, 3.05) is 18.5 Å². The molecular weight excluding hydrogens is 340 g/mol. The van der Waals surface area contributed by atoms with E-state index in [4.69, 9.17) is 9.47 Å². The Morgan fingerprint density at radius 1 is 1.16 bits per heavy atom. The topological polar surface area (TPSA) is 86.2 Å². The van der Waals surface area contributed by atoms with E-state index in [1.165, 1.54) is 17.5 Å². The first kappa shape index (κ1) is 15.5. The summed E-state index contributed by atoms with van der Waals surface area (Å²) in [6.45, 7) is 2.91. The molecule has 0 saturated heterocycles. The SMILES string of the molecule is Cc1cnc(C(=O)Nc2nc(-c3ccc4c(c3)OCCO4)cs2)cn1. The number of carbonyl (C=O) groups is 1. The number of hydrogen-bond acceptors (Lipinski definition) is 7. The number of rotatable bonds is 3. The summed E-state index contributed by atoms with van der Waals surface area (Å²) in [5, 5.41) is 5.11. The minimum Gasteiger partial charge on any atom is -0.486 e. The number of aryl methyl sites for hydroxylation is 1. The zero-order chi connectivity index (χ0) is 17.2. The molecule has 0 saturated carbocycles. The van der Waals surface area contributed by atoms with E-state index in [9.17, 15) is 4.79 Å². The van der Waals surface area contributed by atoms with Gasteiger partial charge in [-0.1, -0.05) is 0 Å². The molecule has 1 aromatic carbocycles. The van der Waals surface area contributed by atoms with Gasteiger partial charge >= 0.3 is 0 Å². The van der Waals surface area contributed by atoms with E-state index in [2.05, 4.69) is 20.3 Å². The molecule has 0 aliphatic carbocycles. The highest BCUT2D eigenvalue weighted by Gasteiger charge is 2.15. The molecule has 4 rings (SSSR count). The fourth-order valence-electron chi connectivity index (χ4n) is 2.34. The molecule has 0 unspecified atom stereocenters. The van der Waals surface area contributed by atoms with Crippen molar-refractivity contribution in [1.82, 2.24) is 15.0 Å². The predicted molar refractivity (Wildman–Crippen MR) is 93.3 cm³/mol. The lowest BCUT2D eigenvalue weighted by Gasteiger charge is -2.18. The van der Waals surface area contributed by atoms with Crippen molar-refractivity contribution >= 4 is 22.4 Å². The van der Waals surface area contributed by atoms with Crippen molar-refractivity contribution < 1.29 is 14.3 Å². The van der Waals surface area contributed by atoms with Crippen LogP contribution in [0.4, 0.5) is 5.13 Å². The maximum Gasteiger partial charge on any atom is 0.277 e. The Kier molecular flexibility index (Phi) is 4.02. The molecule has 0 atom stereocenters. The summed E-state index contributed by atoms with van der Waals surface area (Å²) in [6.07, 6.45) is 3.00. The van der Waals surface area contributed by atoms with Gasteiger partial charge in [-0.15, -0.1) is 11.3 Å². The number of amides is 1. The summed E-state index contributed by atoms with van der Waals surface area (Å²) in [7, 11) is 0. The maximum absolute atomic E-state index is 12.2. The average Bonchev–Trinajstić information content (AvgIpc) is 3.10. The lowest BCUT2D eigenvalue weighted by atomic mass is 10.1. The standard InChI is InChI=1S/C17H14N4O3S/c1-10-7-19-12(8-18-10)16(22)21-17-20-13(9-25-17)11-2-3-14-15(6-11)24-5-4-23-14/h2-3,6-9H,4-5H2,1H3,(H,20,21,22). The van der Waals surface area contributed by atoms with Gasteiger partial charge in [0.15, 0.2) is 16.6 Å². The van der Waals surface area contributed by atoms with E-state index in [0.29, 0.717) is 24.1 Å². The summed E-state index contributed by atoms with van der Waals surface area (Å²) in [5.74, 6) is 1.10. The predicted octanol–water partition coefficient (Wildman–Crippen LogP) is 2.93. The fourth-order valence-corrected chi connectivity index (χ4v) is 3.05. The van der Waals surface area contributed by atoms with Crippen molar-refractivity contribution in [3.8, 4) is 22.8 Å². The normalized spacial score (nSPS) is 12.7. The van der Waals surface area contributed by atoms with Crippen LogP contribution in [0.1, 0.15) is 16.2 Å². The van der Waals surface area contributed by atoms with Crippen molar-refractivity contribution in [1.29, 1.82) is 0 Å². The molecule has 2 aromatic heterocycles. The van der Waals surface area contributed by atoms with Crippen LogP contribution in [-0.4, -0.2) is 34.1 Å². The van der Waals surface area contributed by atoms with Gasteiger partial charge in [0.05, 0.1) is 17.6 Å². The molecule has 3 heterocycles. The third-order valence-corrected chi connectivity index (χ3v) is 4.33. The molecule has 0 radical (unpaired) electrons. The summed E-state index contributed by atoms with van der Waals surface area (Å²) < 4.78 is 11.1. The van der Waals surface area contributed by atoms with E-state index < -0.39 is 0 Å². The Bertz CT molecular complexity index is 924. The molecule has 0 spiro atoms. The molecule has 1 N–H and O–H groups in total. The van der Waals surface area contributed by atoms with Crippen LogP contribution in [0, 0.1) is 6.92 Å². The third-order valence-electron chi connectivity index (χ3n) is 3.58. The van der Waals surface area contributed by atoms with Crippen LogP contribution in [0.3, 0.4) is 0 Å². The molecular formula is C17H14N4O3S. The lowest BCUT2D eigenvalue weighted by molar-refractivity contribution is 0.102. The van der Waals surface area contributed by atoms with Gasteiger partial charge in [0.1, 0.15) is 18.9 Å². The van der Waals surface area contributed by atoms with Crippen molar-refractivity contribution in [3.05, 3.63) is 47.4 Å². The quantitative estimate of drug-likeness (QED) is 0.778. The van der Waals surface area contributed by atoms with Gasteiger partial charge in [-0.2, -0.15) is 0 Å². The Balaban J connectivity index is 1.52. The Labute approximate surface area is 147 Å². The molecule has 8 heteroatoms. The van der Waals surface area contributed by atoms with Crippen LogP contribution >= 0.6 is 11.3 Å². The lowest BCUT2D eigenvalue weighted by Crippen LogP contribution is -2.15. The van der Waals surface area contributed by atoms with E-state index in [-0.39, 0.29) is 11.6 Å². The second-order valence-corrected chi connectivity index (χ2v) is 6.25. The van der Waals surface area contributed by atoms with E-state index >= 15 is 0 Å². The van der Waals surface area contributed by atoms with Gasteiger partial charge in [0.25, 0.3) is 5.91 Å². The van der Waals surface area contributed by atoms with E-state index in [1.54, 1.807) is 6.20 Å². The number of anilines is 1. The number of benzene rings is 1. The molecule has 0 fully saturated rings. The van der Waals surface area contributed by atoms with Crippen LogP contribution in [0.5, 0.6) is 11.5 Å². The maximum atomic E-state index is 12.2. The molecule has 0 bridgehead atoms. The molecule has 7 nitrogen and oxygen atoms in total. The van der Waals surface area contributed by atoms with Gasteiger partial charge in [-0.3, -0.25) is 15.1 Å². The molecule has 1 aliphatic heterocycles. The molecule has 25 heavy (non-hydrogen) atoms. The summed E-state index contributed by atoms with van der Waals surface area (Å²) in [4.78, 5) is 24.8. The highest BCUT2D eigenvalue weighted by atomic mass is 32.1. The van der Waals surface area contributed by atoms with Crippen LogP contribution in [0.15, 0.2) is 36.0 Å². The Morgan fingerprint density at radius 2 is 2.00 bits per heavy atom. The first-order valence-electron chi connectivity index (χ1n) is 7.64. The van der Waals surface area contributed by atoms with Gasteiger partial charge in [0, 0.05) is 17.1 Å². The van der Waals surface area contributed by atoms with Crippen molar-refractivity contribution in [2.45, 2.75) is 6.92 Å². The fraction of sp³-hybridized carbons (Fsp3) is 0.176.